The Balaban J connectivity index is 1.89. The van der Waals surface area contributed by atoms with E-state index in [1.54, 1.807) is 31.4 Å². The largest absolute Gasteiger partial charge is 0.497 e. The molecule has 3 N–H and O–H groups in total. The third-order valence-corrected chi connectivity index (χ3v) is 3.55. The summed E-state index contributed by atoms with van der Waals surface area (Å²) in [4.78, 5) is 12.0. The molecule has 2 amide bonds. The number of halogens is 1. The minimum Gasteiger partial charge on any atom is -0.497 e. The first-order chi connectivity index (χ1) is 11.1. The maximum Gasteiger partial charge on any atom is 0.319 e. The fourth-order valence-electron chi connectivity index (χ4n) is 2.09. The molecule has 0 saturated heterocycles. The Labute approximate surface area is 140 Å². The van der Waals surface area contributed by atoms with E-state index in [-0.39, 0.29) is 18.7 Å². The van der Waals surface area contributed by atoms with E-state index in [4.69, 9.17) is 16.3 Å². The molecule has 0 fully saturated rings. The number of carbonyl (C=O) groups is 1. The predicted molar refractivity (Wildman–Crippen MR) is 91.2 cm³/mol. The highest BCUT2D eigenvalue weighted by atomic mass is 35.5. The lowest BCUT2D eigenvalue weighted by Crippen LogP contribution is -2.41. The van der Waals surface area contributed by atoms with E-state index in [1.807, 2.05) is 24.3 Å². The summed E-state index contributed by atoms with van der Waals surface area (Å²) in [5.41, 5.74) is 1.63. The Bertz CT molecular complexity index is 629. The van der Waals surface area contributed by atoms with Gasteiger partial charge in [0, 0.05) is 10.7 Å². The SMILES string of the molecule is COc1ccc(C[C@@H](CO)NC(=O)Nc2ccc(Cl)cc2)cc1. The summed E-state index contributed by atoms with van der Waals surface area (Å²) in [6.45, 7) is -0.153. The maximum absolute atomic E-state index is 12.0. The molecule has 23 heavy (non-hydrogen) atoms. The molecule has 0 aliphatic rings. The van der Waals surface area contributed by atoms with Crippen LogP contribution in [0.4, 0.5) is 10.5 Å². The third kappa shape index (κ3) is 5.47. The highest BCUT2D eigenvalue weighted by molar-refractivity contribution is 6.30. The van der Waals surface area contributed by atoms with E-state index in [0.29, 0.717) is 17.1 Å². The second kappa shape index (κ2) is 8.41. The van der Waals surface area contributed by atoms with E-state index in [9.17, 15) is 9.90 Å². The molecule has 0 aliphatic carbocycles. The van der Waals surface area contributed by atoms with Gasteiger partial charge in [-0.05, 0) is 48.4 Å². The smallest absolute Gasteiger partial charge is 0.319 e. The molecule has 5 nitrogen and oxygen atoms in total. The second-order valence-corrected chi connectivity index (χ2v) is 5.47. The second-order valence-electron chi connectivity index (χ2n) is 5.04. The maximum atomic E-state index is 12.0. The summed E-state index contributed by atoms with van der Waals surface area (Å²) in [5, 5.41) is 15.5. The number of amides is 2. The normalized spacial score (nSPS) is 11.6. The first-order valence-electron chi connectivity index (χ1n) is 7.17. The van der Waals surface area contributed by atoms with E-state index in [2.05, 4.69) is 10.6 Å². The predicted octanol–water partition coefficient (Wildman–Crippen LogP) is 3.07. The zero-order chi connectivity index (χ0) is 16.7. The molecule has 0 unspecified atom stereocenters. The molecular weight excluding hydrogens is 316 g/mol. The number of nitrogens with one attached hydrogen (secondary N) is 2. The van der Waals surface area contributed by atoms with Gasteiger partial charge in [-0.3, -0.25) is 0 Å². The summed E-state index contributed by atoms with van der Waals surface area (Å²) in [5.74, 6) is 0.766. The number of anilines is 1. The van der Waals surface area contributed by atoms with Crippen molar-refractivity contribution in [3.63, 3.8) is 0 Å². The molecular formula is C17H19ClN2O3. The quantitative estimate of drug-likeness (QED) is 0.760. The molecule has 0 aliphatic heterocycles. The Morgan fingerprint density at radius 2 is 1.83 bits per heavy atom. The summed E-state index contributed by atoms with van der Waals surface area (Å²) in [6.07, 6.45) is 0.522. The van der Waals surface area contributed by atoms with Crippen molar-refractivity contribution in [1.82, 2.24) is 5.32 Å². The summed E-state index contributed by atoms with van der Waals surface area (Å²) < 4.78 is 5.10. The molecule has 0 bridgehead atoms. The minimum atomic E-state index is -0.379. The lowest BCUT2D eigenvalue weighted by Gasteiger charge is -2.17. The number of methoxy groups -OCH3 is 1. The summed E-state index contributed by atoms with van der Waals surface area (Å²) in [6, 6.07) is 13.5. The average Bonchev–Trinajstić information content (AvgIpc) is 2.57. The molecule has 6 heteroatoms. The van der Waals surface area contributed by atoms with Gasteiger partial charge in [0.25, 0.3) is 0 Å². The van der Waals surface area contributed by atoms with E-state index in [0.717, 1.165) is 11.3 Å². The average molecular weight is 335 g/mol. The molecule has 0 aromatic heterocycles. The third-order valence-electron chi connectivity index (χ3n) is 3.30. The van der Waals surface area contributed by atoms with Crippen molar-refractivity contribution in [2.24, 2.45) is 0 Å². The number of benzene rings is 2. The lowest BCUT2D eigenvalue weighted by atomic mass is 10.1. The van der Waals surface area contributed by atoms with E-state index >= 15 is 0 Å². The number of ether oxygens (including phenoxy) is 1. The van der Waals surface area contributed by atoms with Crippen LogP contribution in [-0.4, -0.2) is 30.9 Å². The highest BCUT2D eigenvalue weighted by Crippen LogP contribution is 2.14. The Morgan fingerprint density at radius 1 is 1.17 bits per heavy atom. The van der Waals surface area contributed by atoms with Crippen LogP contribution >= 0.6 is 11.6 Å². The van der Waals surface area contributed by atoms with Crippen molar-refractivity contribution < 1.29 is 14.6 Å². The Kier molecular flexibility index (Phi) is 6.26. The highest BCUT2D eigenvalue weighted by Gasteiger charge is 2.12. The first-order valence-corrected chi connectivity index (χ1v) is 7.55. The minimum absolute atomic E-state index is 0.153. The van der Waals surface area contributed by atoms with Crippen molar-refractivity contribution in [1.29, 1.82) is 0 Å². The molecule has 122 valence electrons. The zero-order valence-electron chi connectivity index (χ0n) is 12.8. The van der Waals surface area contributed by atoms with Gasteiger partial charge < -0.3 is 20.5 Å². The molecule has 2 rings (SSSR count). The summed E-state index contributed by atoms with van der Waals surface area (Å²) in [7, 11) is 1.61. The molecule has 0 saturated carbocycles. The first kappa shape index (κ1) is 17.1. The van der Waals surface area contributed by atoms with Crippen LogP contribution < -0.4 is 15.4 Å². The van der Waals surface area contributed by atoms with Gasteiger partial charge in [-0.2, -0.15) is 0 Å². The number of rotatable bonds is 6. The molecule has 0 heterocycles. The van der Waals surface area contributed by atoms with Crippen molar-refractivity contribution in [2.45, 2.75) is 12.5 Å². The number of aliphatic hydroxyl groups excluding tert-OH is 1. The van der Waals surface area contributed by atoms with Crippen LogP contribution in [0.5, 0.6) is 5.75 Å². The Hall–Kier alpha value is -2.24. The van der Waals surface area contributed by atoms with Gasteiger partial charge in [0.2, 0.25) is 0 Å². The fraction of sp³-hybridized carbons (Fsp3) is 0.235. The van der Waals surface area contributed by atoms with Crippen molar-refractivity contribution in [2.75, 3.05) is 19.0 Å². The Morgan fingerprint density at radius 3 is 2.39 bits per heavy atom. The van der Waals surface area contributed by atoms with Crippen LogP contribution in [0.15, 0.2) is 48.5 Å². The number of hydrogen-bond acceptors (Lipinski definition) is 3. The lowest BCUT2D eigenvalue weighted by molar-refractivity contribution is 0.224. The van der Waals surface area contributed by atoms with E-state index < -0.39 is 0 Å². The topological polar surface area (TPSA) is 70.6 Å². The van der Waals surface area contributed by atoms with Crippen molar-refractivity contribution in [3.05, 3.63) is 59.1 Å². The monoisotopic (exact) mass is 334 g/mol. The standard InChI is InChI=1S/C17H19ClN2O3/c1-23-16-8-2-12(3-9-16)10-15(11-21)20-17(22)19-14-6-4-13(18)5-7-14/h2-9,15,21H,10-11H2,1H3,(H2,19,20,22)/t15-/m0/s1. The van der Waals surface area contributed by atoms with Crippen LogP contribution in [0.1, 0.15) is 5.56 Å². The van der Waals surface area contributed by atoms with Gasteiger partial charge in [-0.25, -0.2) is 4.79 Å². The number of urea groups is 1. The molecule has 0 spiro atoms. The number of hydrogen-bond donors (Lipinski definition) is 3. The van der Waals surface area contributed by atoms with Gasteiger partial charge in [0.1, 0.15) is 5.75 Å². The van der Waals surface area contributed by atoms with Crippen LogP contribution in [0.2, 0.25) is 5.02 Å². The van der Waals surface area contributed by atoms with Gasteiger partial charge in [-0.1, -0.05) is 23.7 Å². The fourth-order valence-corrected chi connectivity index (χ4v) is 2.22. The zero-order valence-corrected chi connectivity index (χ0v) is 13.5. The molecule has 2 aromatic rings. The molecule has 2 aromatic carbocycles. The van der Waals surface area contributed by atoms with Crippen LogP contribution in [0.25, 0.3) is 0 Å². The van der Waals surface area contributed by atoms with Gasteiger partial charge in [0.05, 0.1) is 19.8 Å². The number of carbonyl (C=O) groups excluding carboxylic acids is 1. The van der Waals surface area contributed by atoms with Gasteiger partial charge in [-0.15, -0.1) is 0 Å². The van der Waals surface area contributed by atoms with Crippen LogP contribution in [-0.2, 0) is 6.42 Å². The van der Waals surface area contributed by atoms with Crippen LogP contribution in [0.3, 0.4) is 0 Å². The van der Waals surface area contributed by atoms with E-state index in [1.165, 1.54) is 0 Å². The molecule has 1 atom stereocenters. The van der Waals surface area contributed by atoms with Crippen molar-refractivity contribution >= 4 is 23.3 Å². The van der Waals surface area contributed by atoms with Gasteiger partial charge in [0.15, 0.2) is 0 Å². The summed E-state index contributed by atoms with van der Waals surface area (Å²) >= 11 is 5.80. The van der Waals surface area contributed by atoms with Crippen LogP contribution in [0, 0.1) is 0 Å². The molecule has 0 radical (unpaired) electrons. The van der Waals surface area contributed by atoms with Crippen molar-refractivity contribution in [3.8, 4) is 5.75 Å². The van der Waals surface area contributed by atoms with Gasteiger partial charge >= 0.3 is 6.03 Å². The number of aliphatic hydroxyl groups is 1.